The predicted octanol–water partition coefficient (Wildman–Crippen LogP) is 3.86. The second-order valence-corrected chi connectivity index (χ2v) is 5.63. The third-order valence-electron chi connectivity index (χ3n) is 3.30. The van der Waals surface area contributed by atoms with Crippen molar-refractivity contribution >= 4 is 46.0 Å². The SMILES string of the molecule is Clc1cccc(Cl)c1-c1nc2ncnc(Nc3cnccn3)c2[nH]1. The summed E-state index contributed by atoms with van der Waals surface area (Å²) in [5.41, 5.74) is 1.72. The number of halogens is 2. The molecule has 9 heteroatoms. The molecule has 0 radical (unpaired) electrons. The number of rotatable bonds is 3. The van der Waals surface area contributed by atoms with Crippen molar-refractivity contribution in [1.29, 1.82) is 0 Å². The van der Waals surface area contributed by atoms with Gasteiger partial charge in [-0.25, -0.2) is 19.9 Å². The Hall–Kier alpha value is -2.77. The van der Waals surface area contributed by atoms with Crippen LogP contribution in [0.4, 0.5) is 11.6 Å². The molecule has 4 rings (SSSR count). The van der Waals surface area contributed by atoms with E-state index in [1.165, 1.54) is 6.33 Å². The van der Waals surface area contributed by atoms with Crippen molar-refractivity contribution in [2.24, 2.45) is 0 Å². The molecular formula is C15H9Cl2N7. The van der Waals surface area contributed by atoms with Gasteiger partial charge in [-0.05, 0) is 12.1 Å². The van der Waals surface area contributed by atoms with Crippen molar-refractivity contribution in [3.05, 3.63) is 53.2 Å². The van der Waals surface area contributed by atoms with Gasteiger partial charge >= 0.3 is 0 Å². The van der Waals surface area contributed by atoms with Gasteiger partial charge < -0.3 is 10.3 Å². The van der Waals surface area contributed by atoms with Crippen LogP contribution >= 0.6 is 23.2 Å². The van der Waals surface area contributed by atoms with Gasteiger partial charge in [0.25, 0.3) is 0 Å². The first-order valence-corrected chi connectivity index (χ1v) is 7.66. The molecule has 0 spiro atoms. The first kappa shape index (κ1) is 14.8. The number of aromatic nitrogens is 6. The molecule has 118 valence electrons. The third kappa shape index (κ3) is 2.64. The van der Waals surface area contributed by atoms with Crippen LogP contribution in [0.2, 0.25) is 10.0 Å². The predicted molar refractivity (Wildman–Crippen MR) is 92.5 cm³/mol. The number of imidazole rings is 1. The van der Waals surface area contributed by atoms with Gasteiger partial charge in [0.2, 0.25) is 0 Å². The molecule has 0 aliphatic carbocycles. The summed E-state index contributed by atoms with van der Waals surface area (Å²) in [6.07, 6.45) is 6.19. The van der Waals surface area contributed by atoms with Crippen LogP contribution in [0.15, 0.2) is 43.1 Å². The summed E-state index contributed by atoms with van der Waals surface area (Å²) in [4.78, 5) is 24.2. The molecule has 3 aromatic heterocycles. The fourth-order valence-electron chi connectivity index (χ4n) is 2.25. The van der Waals surface area contributed by atoms with Crippen molar-refractivity contribution < 1.29 is 0 Å². The molecule has 4 aromatic rings. The van der Waals surface area contributed by atoms with Crippen LogP contribution in [-0.2, 0) is 0 Å². The molecule has 0 fully saturated rings. The maximum absolute atomic E-state index is 6.25. The zero-order valence-electron chi connectivity index (χ0n) is 12.0. The molecule has 0 unspecified atom stereocenters. The molecule has 2 N–H and O–H groups in total. The Morgan fingerprint density at radius 2 is 1.83 bits per heavy atom. The van der Waals surface area contributed by atoms with E-state index in [0.717, 1.165) is 0 Å². The zero-order chi connectivity index (χ0) is 16.5. The molecule has 24 heavy (non-hydrogen) atoms. The van der Waals surface area contributed by atoms with E-state index < -0.39 is 0 Å². The minimum atomic E-state index is 0.488. The minimum absolute atomic E-state index is 0.488. The van der Waals surface area contributed by atoms with Crippen LogP contribution in [-0.4, -0.2) is 29.9 Å². The van der Waals surface area contributed by atoms with Gasteiger partial charge in [0.05, 0.1) is 21.8 Å². The largest absolute Gasteiger partial charge is 0.333 e. The van der Waals surface area contributed by atoms with Crippen LogP contribution in [0, 0.1) is 0 Å². The van der Waals surface area contributed by atoms with Gasteiger partial charge in [0.1, 0.15) is 23.5 Å². The maximum Gasteiger partial charge on any atom is 0.183 e. The average molecular weight is 358 g/mol. The first-order chi connectivity index (χ1) is 11.7. The lowest BCUT2D eigenvalue weighted by Gasteiger charge is -2.04. The van der Waals surface area contributed by atoms with Crippen molar-refractivity contribution in [3.8, 4) is 11.4 Å². The highest BCUT2D eigenvalue weighted by Gasteiger charge is 2.15. The van der Waals surface area contributed by atoms with E-state index in [-0.39, 0.29) is 0 Å². The number of aromatic amines is 1. The highest BCUT2D eigenvalue weighted by molar-refractivity contribution is 6.39. The molecule has 0 saturated carbocycles. The Labute approximate surface area is 146 Å². The van der Waals surface area contributed by atoms with E-state index in [0.29, 0.717) is 44.2 Å². The van der Waals surface area contributed by atoms with Gasteiger partial charge in [-0.3, -0.25) is 4.98 Å². The summed E-state index contributed by atoms with van der Waals surface area (Å²) in [7, 11) is 0. The first-order valence-electron chi connectivity index (χ1n) is 6.90. The van der Waals surface area contributed by atoms with Gasteiger partial charge in [-0.1, -0.05) is 29.3 Å². The number of benzene rings is 1. The van der Waals surface area contributed by atoms with Crippen LogP contribution in [0.1, 0.15) is 0 Å². The van der Waals surface area contributed by atoms with E-state index >= 15 is 0 Å². The molecule has 0 atom stereocenters. The van der Waals surface area contributed by atoms with Crippen molar-refractivity contribution in [3.63, 3.8) is 0 Å². The molecule has 0 aliphatic rings. The number of nitrogens with one attached hydrogen (secondary N) is 2. The third-order valence-corrected chi connectivity index (χ3v) is 3.93. The van der Waals surface area contributed by atoms with Gasteiger partial charge in [-0.15, -0.1) is 0 Å². The van der Waals surface area contributed by atoms with E-state index in [1.807, 2.05) is 0 Å². The normalized spacial score (nSPS) is 10.9. The van der Waals surface area contributed by atoms with E-state index in [4.69, 9.17) is 23.2 Å². The van der Waals surface area contributed by atoms with Gasteiger partial charge in [-0.2, -0.15) is 0 Å². The van der Waals surface area contributed by atoms with Crippen LogP contribution in [0.25, 0.3) is 22.6 Å². The zero-order valence-corrected chi connectivity index (χ0v) is 13.5. The summed E-state index contributed by atoms with van der Waals surface area (Å²) in [5, 5.41) is 4.08. The summed E-state index contributed by atoms with van der Waals surface area (Å²) in [6.45, 7) is 0. The van der Waals surface area contributed by atoms with E-state index in [1.54, 1.807) is 36.8 Å². The lowest BCUT2D eigenvalue weighted by Crippen LogP contribution is -1.97. The molecule has 7 nitrogen and oxygen atoms in total. The Bertz CT molecular complexity index is 997. The Morgan fingerprint density at radius 1 is 1.00 bits per heavy atom. The molecular weight excluding hydrogens is 349 g/mol. The molecule has 0 aliphatic heterocycles. The maximum atomic E-state index is 6.25. The monoisotopic (exact) mass is 357 g/mol. The fourth-order valence-corrected chi connectivity index (χ4v) is 2.83. The Morgan fingerprint density at radius 3 is 2.58 bits per heavy atom. The average Bonchev–Trinajstić information content (AvgIpc) is 3.00. The van der Waals surface area contributed by atoms with Crippen molar-refractivity contribution in [1.82, 2.24) is 29.9 Å². The summed E-state index contributed by atoms with van der Waals surface area (Å²) in [6, 6.07) is 5.28. The van der Waals surface area contributed by atoms with Gasteiger partial charge in [0, 0.05) is 12.4 Å². The molecule has 1 aromatic carbocycles. The molecule has 0 saturated heterocycles. The standard InChI is InChI=1S/C15H9Cl2N7/c16-8-2-1-3-9(17)11(8)13-23-12-14(20-7-21-15(12)24-13)22-10-6-18-4-5-19-10/h1-7H,(H2,19,20,21,22,23,24). The van der Waals surface area contributed by atoms with E-state index in [2.05, 4.69) is 35.2 Å². The van der Waals surface area contributed by atoms with E-state index in [9.17, 15) is 0 Å². The minimum Gasteiger partial charge on any atom is -0.333 e. The fraction of sp³-hybridized carbons (Fsp3) is 0. The smallest absolute Gasteiger partial charge is 0.183 e. The number of H-pyrrole nitrogens is 1. The quantitative estimate of drug-likeness (QED) is 0.578. The van der Waals surface area contributed by atoms with Crippen LogP contribution in [0.3, 0.4) is 0 Å². The second-order valence-electron chi connectivity index (χ2n) is 4.82. The highest BCUT2D eigenvalue weighted by Crippen LogP contribution is 2.34. The van der Waals surface area contributed by atoms with Gasteiger partial charge in [0.15, 0.2) is 11.5 Å². The summed E-state index contributed by atoms with van der Waals surface area (Å²) >= 11 is 12.5. The van der Waals surface area contributed by atoms with Crippen molar-refractivity contribution in [2.75, 3.05) is 5.32 Å². The topological polar surface area (TPSA) is 92.3 Å². The number of anilines is 2. The van der Waals surface area contributed by atoms with Crippen LogP contribution < -0.4 is 5.32 Å². The van der Waals surface area contributed by atoms with Crippen molar-refractivity contribution in [2.45, 2.75) is 0 Å². The summed E-state index contributed by atoms with van der Waals surface area (Å²) < 4.78 is 0. The number of fused-ring (bicyclic) bond motifs is 1. The lowest BCUT2D eigenvalue weighted by atomic mass is 10.2. The second kappa shape index (κ2) is 6.03. The number of nitrogens with zero attached hydrogens (tertiary/aromatic N) is 5. The lowest BCUT2D eigenvalue weighted by molar-refractivity contribution is 1.16. The highest BCUT2D eigenvalue weighted by atomic mass is 35.5. The molecule has 0 amide bonds. The molecule has 0 bridgehead atoms. The van der Waals surface area contributed by atoms with Crippen LogP contribution in [0.5, 0.6) is 0 Å². The molecule has 3 heterocycles. The Kier molecular flexibility index (Phi) is 3.72. The number of hydrogen-bond acceptors (Lipinski definition) is 6. The Balaban J connectivity index is 1.83. The summed E-state index contributed by atoms with van der Waals surface area (Å²) in [5.74, 6) is 1.61. The number of hydrogen-bond donors (Lipinski definition) is 2.